The Labute approximate surface area is 185 Å². The monoisotopic (exact) mass is 422 g/mol. The fourth-order valence-corrected chi connectivity index (χ4v) is 5.07. The van der Waals surface area contributed by atoms with E-state index in [1.165, 1.54) is 43.4 Å². The van der Waals surface area contributed by atoms with Crippen molar-refractivity contribution in [2.45, 2.75) is 51.1 Å². The van der Waals surface area contributed by atoms with Crippen LogP contribution in [0, 0.1) is 5.92 Å². The third-order valence-electron chi connectivity index (χ3n) is 6.85. The average molecular weight is 423 g/mol. The van der Waals surface area contributed by atoms with Gasteiger partial charge < -0.3 is 14.8 Å². The second kappa shape index (κ2) is 10.2. The lowest BCUT2D eigenvalue weighted by Crippen LogP contribution is -2.43. The molecule has 5 heteroatoms. The number of nitrogens with zero attached hydrogens (tertiary/aromatic N) is 1. The van der Waals surface area contributed by atoms with Crippen LogP contribution in [0.3, 0.4) is 0 Å². The smallest absolute Gasteiger partial charge is 0.220 e. The maximum Gasteiger partial charge on any atom is 0.220 e. The Kier molecular flexibility index (Phi) is 7.13. The molecule has 1 saturated heterocycles. The van der Waals surface area contributed by atoms with E-state index >= 15 is 0 Å². The topological polar surface area (TPSA) is 50.8 Å². The summed E-state index contributed by atoms with van der Waals surface area (Å²) in [6.07, 6.45) is 6.36. The summed E-state index contributed by atoms with van der Waals surface area (Å²) >= 11 is 0. The second-order valence-electron chi connectivity index (χ2n) is 8.83. The number of amides is 1. The zero-order valence-electron chi connectivity index (χ0n) is 18.7. The van der Waals surface area contributed by atoms with Gasteiger partial charge in [0, 0.05) is 37.2 Å². The number of carbonyl (C=O) groups excluding carboxylic acids is 1. The van der Waals surface area contributed by atoms with Gasteiger partial charge >= 0.3 is 0 Å². The molecule has 1 fully saturated rings. The van der Waals surface area contributed by atoms with Gasteiger partial charge in [-0.2, -0.15) is 0 Å². The second-order valence-corrected chi connectivity index (χ2v) is 8.83. The summed E-state index contributed by atoms with van der Waals surface area (Å²) in [5.41, 5.74) is 3.99. The van der Waals surface area contributed by atoms with Gasteiger partial charge in [0.25, 0.3) is 0 Å². The molecule has 2 aromatic rings. The SMILES string of the molecule is COc1ccc(CNC(=O)CC[C@H]2CCCN(C3Cc4ccccc4C3)C2)c(OC)c1. The predicted octanol–water partition coefficient (Wildman–Crippen LogP) is 3.98. The largest absolute Gasteiger partial charge is 0.497 e. The van der Waals surface area contributed by atoms with E-state index in [-0.39, 0.29) is 5.91 Å². The van der Waals surface area contributed by atoms with Gasteiger partial charge in [0.1, 0.15) is 11.5 Å². The zero-order chi connectivity index (χ0) is 21.6. The summed E-state index contributed by atoms with van der Waals surface area (Å²) in [7, 11) is 3.27. The minimum atomic E-state index is 0.114. The molecule has 0 aromatic heterocycles. The molecule has 1 N–H and O–H groups in total. The fourth-order valence-electron chi connectivity index (χ4n) is 5.07. The Morgan fingerprint density at radius 3 is 2.58 bits per heavy atom. The lowest BCUT2D eigenvalue weighted by molar-refractivity contribution is -0.121. The Balaban J connectivity index is 1.23. The number of carbonyl (C=O) groups is 1. The van der Waals surface area contributed by atoms with Gasteiger partial charge in [-0.15, -0.1) is 0 Å². The van der Waals surface area contributed by atoms with Crippen LogP contribution in [0.2, 0.25) is 0 Å². The van der Waals surface area contributed by atoms with Gasteiger partial charge in [-0.25, -0.2) is 0 Å². The summed E-state index contributed by atoms with van der Waals surface area (Å²) in [5.74, 6) is 2.21. The van der Waals surface area contributed by atoms with Gasteiger partial charge in [0.15, 0.2) is 0 Å². The molecule has 0 bridgehead atoms. The molecule has 5 nitrogen and oxygen atoms in total. The van der Waals surface area contributed by atoms with Crippen molar-refractivity contribution in [1.29, 1.82) is 0 Å². The van der Waals surface area contributed by atoms with Crippen LogP contribution in [0.15, 0.2) is 42.5 Å². The number of methoxy groups -OCH3 is 2. The number of hydrogen-bond donors (Lipinski definition) is 1. The number of ether oxygens (including phenoxy) is 2. The highest BCUT2D eigenvalue weighted by Gasteiger charge is 2.30. The van der Waals surface area contributed by atoms with E-state index in [2.05, 4.69) is 34.5 Å². The number of hydrogen-bond acceptors (Lipinski definition) is 4. The lowest BCUT2D eigenvalue weighted by Gasteiger charge is -2.36. The summed E-state index contributed by atoms with van der Waals surface area (Å²) < 4.78 is 10.7. The molecular weight excluding hydrogens is 388 g/mol. The Bertz CT molecular complexity index is 873. The van der Waals surface area contributed by atoms with Crippen LogP contribution in [0.5, 0.6) is 11.5 Å². The van der Waals surface area contributed by atoms with Crippen molar-refractivity contribution in [2.24, 2.45) is 5.92 Å². The molecule has 4 rings (SSSR count). The van der Waals surface area contributed by atoms with Crippen LogP contribution in [-0.4, -0.2) is 44.2 Å². The molecule has 1 amide bonds. The highest BCUT2D eigenvalue weighted by molar-refractivity contribution is 5.75. The first kappa shape index (κ1) is 21.7. The molecule has 1 aliphatic carbocycles. The number of piperidine rings is 1. The molecule has 0 saturated carbocycles. The van der Waals surface area contributed by atoms with Gasteiger partial charge in [-0.05, 0) is 67.8 Å². The molecule has 2 aromatic carbocycles. The Morgan fingerprint density at radius 1 is 1.10 bits per heavy atom. The number of benzene rings is 2. The summed E-state index contributed by atoms with van der Waals surface area (Å²) in [4.78, 5) is 15.2. The van der Waals surface area contributed by atoms with Crippen LogP contribution in [0.4, 0.5) is 0 Å². The van der Waals surface area contributed by atoms with Crippen molar-refractivity contribution in [3.8, 4) is 11.5 Å². The van der Waals surface area contributed by atoms with E-state index in [9.17, 15) is 4.79 Å². The van der Waals surface area contributed by atoms with Crippen molar-refractivity contribution >= 4 is 5.91 Å². The Hall–Kier alpha value is -2.53. The van der Waals surface area contributed by atoms with Crippen LogP contribution in [-0.2, 0) is 24.2 Å². The summed E-state index contributed by atoms with van der Waals surface area (Å²) in [5, 5.41) is 3.06. The molecule has 0 unspecified atom stereocenters. The summed E-state index contributed by atoms with van der Waals surface area (Å²) in [6, 6.07) is 15.2. The van der Waals surface area contributed by atoms with Gasteiger partial charge in [-0.3, -0.25) is 9.69 Å². The first-order valence-electron chi connectivity index (χ1n) is 11.4. The van der Waals surface area contributed by atoms with Crippen LogP contribution in [0.25, 0.3) is 0 Å². The van der Waals surface area contributed by atoms with E-state index < -0.39 is 0 Å². The minimum absolute atomic E-state index is 0.114. The number of fused-ring (bicyclic) bond motifs is 1. The van der Waals surface area contributed by atoms with Crippen molar-refractivity contribution in [3.63, 3.8) is 0 Å². The van der Waals surface area contributed by atoms with Crippen LogP contribution < -0.4 is 14.8 Å². The molecule has 1 heterocycles. The van der Waals surface area contributed by atoms with Crippen LogP contribution in [0.1, 0.15) is 42.4 Å². The van der Waals surface area contributed by atoms with E-state index in [4.69, 9.17) is 9.47 Å². The lowest BCUT2D eigenvalue weighted by atomic mass is 9.92. The number of nitrogens with one attached hydrogen (secondary N) is 1. The van der Waals surface area contributed by atoms with Gasteiger partial charge in [0.05, 0.1) is 14.2 Å². The maximum absolute atomic E-state index is 12.5. The minimum Gasteiger partial charge on any atom is -0.497 e. The van der Waals surface area contributed by atoms with E-state index in [0.717, 1.165) is 30.0 Å². The molecule has 1 aliphatic heterocycles. The molecule has 0 radical (unpaired) electrons. The normalized spacial score (nSPS) is 19.1. The fraction of sp³-hybridized carbons (Fsp3) is 0.500. The van der Waals surface area contributed by atoms with Crippen molar-refractivity contribution < 1.29 is 14.3 Å². The standard InChI is InChI=1S/C26H34N2O3/c1-30-24-11-10-22(25(16-24)31-2)17-27-26(29)12-9-19-6-5-13-28(18-19)23-14-20-7-3-4-8-21(20)15-23/h3-4,7-8,10-11,16,19,23H,5-6,9,12-15,17-18H2,1-2H3,(H,27,29)/t19-/m1/s1. The van der Waals surface area contributed by atoms with Crippen molar-refractivity contribution in [2.75, 3.05) is 27.3 Å². The van der Waals surface area contributed by atoms with E-state index in [1.807, 2.05) is 18.2 Å². The van der Waals surface area contributed by atoms with Crippen molar-refractivity contribution in [3.05, 3.63) is 59.2 Å². The average Bonchev–Trinajstić information content (AvgIpc) is 3.26. The molecule has 166 valence electrons. The highest BCUT2D eigenvalue weighted by Crippen LogP contribution is 2.30. The first-order valence-corrected chi connectivity index (χ1v) is 11.4. The summed E-state index contributed by atoms with van der Waals surface area (Å²) in [6.45, 7) is 2.79. The quantitative estimate of drug-likeness (QED) is 0.699. The highest BCUT2D eigenvalue weighted by atomic mass is 16.5. The predicted molar refractivity (Wildman–Crippen MR) is 123 cm³/mol. The Morgan fingerprint density at radius 2 is 1.87 bits per heavy atom. The zero-order valence-corrected chi connectivity index (χ0v) is 18.7. The van der Waals surface area contributed by atoms with Crippen LogP contribution >= 0.6 is 0 Å². The third kappa shape index (κ3) is 5.40. The third-order valence-corrected chi connectivity index (χ3v) is 6.85. The van der Waals surface area contributed by atoms with Crippen molar-refractivity contribution in [1.82, 2.24) is 10.2 Å². The molecule has 0 spiro atoms. The molecule has 31 heavy (non-hydrogen) atoms. The van der Waals surface area contributed by atoms with E-state index in [0.29, 0.717) is 24.9 Å². The van der Waals surface area contributed by atoms with Gasteiger partial charge in [0.2, 0.25) is 5.91 Å². The van der Waals surface area contributed by atoms with Gasteiger partial charge in [-0.1, -0.05) is 24.3 Å². The molecular formula is C26H34N2O3. The number of likely N-dealkylation sites (tertiary alicyclic amines) is 1. The molecule has 1 atom stereocenters. The molecule has 2 aliphatic rings. The number of rotatable bonds is 8. The first-order chi connectivity index (χ1) is 15.2. The maximum atomic E-state index is 12.5. The van der Waals surface area contributed by atoms with E-state index in [1.54, 1.807) is 14.2 Å².